The maximum absolute atomic E-state index is 14.6. The van der Waals surface area contributed by atoms with Crippen molar-refractivity contribution in [3.05, 3.63) is 152 Å². The van der Waals surface area contributed by atoms with Crippen LogP contribution in [0.4, 0.5) is 11.4 Å². The largest absolute Gasteiger partial charge is 0.493 e. The van der Waals surface area contributed by atoms with Gasteiger partial charge in [0.05, 0.1) is 26.1 Å². The zero-order chi connectivity index (χ0) is 48.3. The summed E-state index contributed by atoms with van der Waals surface area (Å²) < 4.78 is 22.5. The highest BCUT2D eigenvalue weighted by molar-refractivity contribution is 7.12. The standard InChI is InChI=1S/C49H42N4O13S2/c1-63-35-24-29(14-20-33(35)65-44(57)37-8-4-22-67-37)39-48(46(59)60,52-42(55)27-10-16-31(50)17-11-27)40(30-15-21-34(36(25-30)64-2)66-45(58)38-9-5-23-68-38)49(39,47(61)62)53-43(56)28-12-18-32(19-13-28)51-41(54)26-6-3-7-26/h4-5,8-26,39-40H,3,6-7,50H2,1-2H3,(H,51,54)(H,52,55)(H,53,56)(H,59,60)(H,61,62). The Bertz CT molecular complexity index is 2810. The smallest absolute Gasteiger partial charge is 0.353 e. The maximum Gasteiger partial charge on any atom is 0.353 e. The zero-order valence-corrected chi connectivity index (χ0v) is 37.8. The molecule has 0 spiro atoms. The number of nitrogens with two attached hydrogens (primary N) is 1. The summed E-state index contributed by atoms with van der Waals surface area (Å²) in [5.74, 6) is -11.4. The molecule has 2 unspecified atom stereocenters. The summed E-state index contributed by atoms with van der Waals surface area (Å²) in [5, 5.41) is 34.8. The Morgan fingerprint density at radius 2 is 1.04 bits per heavy atom. The minimum absolute atomic E-state index is 0.0412. The molecule has 2 heterocycles. The highest BCUT2D eigenvalue weighted by Crippen LogP contribution is 2.64. The number of anilines is 2. The molecule has 17 nitrogen and oxygen atoms in total. The normalized spacial score (nSPS) is 19.5. The van der Waals surface area contributed by atoms with Gasteiger partial charge in [0, 0.05) is 28.4 Å². The molecule has 0 saturated heterocycles. The first-order valence-corrected chi connectivity index (χ1v) is 22.7. The lowest BCUT2D eigenvalue weighted by Gasteiger charge is -2.64. The van der Waals surface area contributed by atoms with Gasteiger partial charge in [-0.2, -0.15) is 0 Å². The first-order chi connectivity index (χ1) is 32.7. The number of ether oxygens (including phenoxy) is 4. The Kier molecular flexibility index (Phi) is 13.0. The number of carbonyl (C=O) groups is 7. The fourth-order valence-corrected chi connectivity index (χ4v) is 9.85. The number of carboxylic acids is 2. The number of nitrogens with one attached hydrogen (secondary N) is 3. The van der Waals surface area contributed by atoms with Gasteiger partial charge in [0.1, 0.15) is 9.75 Å². The number of carboxylic acid groups (broad SMARTS) is 2. The molecule has 68 heavy (non-hydrogen) atoms. The number of amides is 3. The van der Waals surface area contributed by atoms with Crippen LogP contribution in [0, 0.1) is 5.92 Å². The van der Waals surface area contributed by atoms with Crippen LogP contribution in [0.15, 0.2) is 120 Å². The molecule has 3 amide bonds. The minimum Gasteiger partial charge on any atom is -0.493 e. The number of hydrogen-bond donors (Lipinski definition) is 6. The van der Waals surface area contributed by atoms with E-state index >= 15 is 0 Å². The van der Waals surface area contributed by atoms with E-state index in [4.69, 9.17) is 24.7 Å². The van der Waals surface area contributed by atoms with Crippen LogP contribution in [-0.2, 0) is 14.4 Å². The summed E-state index contributed by atoms with van der Waals surface area (Å²) >= 11 is 2.25. The fourth-order valence-electron chi connectivity index (χ4n) is 8.66. The van der Waals surface area contributed by atoms with Crippen LogP contribution >= 0.6 is 22.7 Å². The summed E-state index contributed by atoms with van der Waals surface area (Å²) in [5.41, 5.74) is 1.00. The van der Waals surface area contributed by atoms with Gasteiger partial charge in [0.2, 0.25) is 5.91 Å². The van der Waals surface area contributed by atoms with E-state index in [1.165, 1.54) is 99.1 Å². The molecule has 2 aliphatic carbocycles. The number of nitrogen functional groups attached to an aromatic ring is 1. The van der Waals surface area contributed by atoms with Gasteiger partial charge in [-0.25, -0.2) is 19.2 Å². The van der Waals surface area contributed by atoms with Gasteiger partial charge in [0.25, 0.3) is 11.8 Å². The van der Waals surface area contributed by atoms with Gasteiger partial charge in [-0.05, 0) is 120 Å². The van der Waals surface area contributed by atoms with Crippen LogP contribution in [0.25, 0.3) is 0 Å². The number of methoxy groups -OCH3 is 2. The molecule has 2 saturated carbocycles. The molecule has 2 aromatic heterocycles. The van der Waals surface area contributed by atoms with Crippen molar-refractivity contribution in [3.8, 4) is 23.0 Å². The molecule has 348 valence electrons. The van der Waals surface area contributed by atoms with Crippen LogP contribution in [-0.4, -0.2) is 77.1 Å². The van der Waals surface area contributed by atoms with Gasteiger partial charge in [0.15, 0.2) is 34.1 Å². The Morgan fingerprint density at radius 1 is 0.603 bits per heavy atom. The highest BCUT2D eigenvalue weighted by atomic mass is 32.1. The van der Waals surface area contributed by atoms with E-state index < -0.39 is 58.6 Å². The molecule has 2 atom stereocenters. The third kappa shape index (κ3) is 8.59. The molecule has 19 heteroatoms. The van der Waals surface area contributed by atoms with Crippen molar-refractivity contribution in [1.29, 1.82) is 0 Å². The first kappa shape index (κ1) is 46.5. The lowest BCUT2D eigenvalue weighted by molar-refractivity contribution is -0.171. The van der Waals surface area contributed by atoms with E-state index in [0.717, 1.165) is 41.9 Å². The number of esters is 2. The maximum atomic E-state index is 14.6. The van der Waals surface area contributed by atoms with Crippen molar-refractivity contribution in [3.63, 3.8) is 0 Å². The lowest BCUT2D eigenvalue weighted by atomic mass is 9.43. The third-order valence-corrected chi connectivity index (χ3v) is 13.8. The monoisotopic (exact) mass is 958 g/mol. The molecule has 6 aromatic rings. The summed E-state index contributed by atoms with van der Waals surface area (Å²) in [6, 6.07) is 25.4. The number of aliphatic carboxylic acids is 2. The van der Waals surface area contributed by atoms with Gasteiger partial charge in [-0.1, -0.05) is 30.7 Å². The SMILES string of the molecule is COc1cc(C2C(NC(=O)c3ccc(N)cc3)(C(=O)O)C(c3ccc(OC(=O)c4cccs4)c(OC)c3)C2(NC(=O)c2ccc(NC(=O)C3CCC3)cc2)C(=O)O)ccc1OC(=O)c1cccs1. The van der Waals surface area contributed by atoms with Crippen LogP contribution in [0.3, 0.4) is 0 Å². The molecule has 0 radical (unpaired) electrons. The highest BCUT2D eigenvalue weighted by Gasteiger charge is 2.80. The summed E-state index contributed by atoms with van der Waals surface area (Å²) in [6.45, 7) is 0. The van der Waals surface area contributed by atoms with Gasteiger partial charge >= 0.3 is 23.9 Å². The number of hydrogen-bond acceptors (Lipinski definition) is 14. The predicted molar refractivity (Wildman–Crippen MR) is 249 cm³/mol. The van der Waals surface area contributed by atoms with Gasteiger partial charge in [-0.3, -0.25) is 14.4 Å². The second-order valence-electron chi connectivity index (χ2n) is 16.0. The molecule has 0 aliphatic heterocycles. The van der Waals surface area contributed by atoms with Crippen molar-refractivity contribution in [1.82, 2.24) is 10.6 Å². The van der Waals surface area contributed by atoms with E-state index in [0.29, 0.717) is 11.4 Å². The molecule has 7 N–H and O–H groups in total. The average Bonchev–Trinajstić information content (AvgIpc) is 4.06. The summed E-state index contributed by atoms with van der Waals surface area (Å²) in [6.07, 6.45) is 2.46. The fraction of sp³-hybridized carbons (Fsp3) is 0.204. The van der Waals surface area contributed by atoms with Crippen molar-refractivity contribution in [2.24, 2.45) is 5.92 Å². The number of thiophene rings is 2. The van der Waals surface area contributed by atoms with Crippen LogP contribution < -0.4 is 40.6 Å². The van der Waals surface area contributed by atoms with Crippen LogP contribution in [0.2, 0.25) is 0 Å². The molecule has 2 fully saturated rings. The molecule has 8 rings (SSSR count). The van der Waals surface area contributed by atoms with Gasteiger partial charge in [-0.15, -0.1) is 22.7 Å². The third-order valence-electron chi connectivity index (χ3n) is 12.1. The molecule has 4 aromatic carbocycles. The molecule has 0 bridgehead atoms. The van der Waals surface area contributed by atoms with Gasteiger partial charge < -0.3 is 50.8 Å². The van der Waals surface area contributed by atoms with Crippen LogP contribution in [0.5, 0.6) is 23.0 Å². The predicted octanol–water partition coefficient (Wildman–Crippen LogP) is 6.97. The molecular weight excluding hydrogens is 917 g/mol. The number of benzene rings is 4. The Labute approximate surface area is 395 Å². The quantitative estimate of drug-likeness (QED) is 0.0325. The Hall–Kier alpha value is -8.03. The topological polar surface area (TPSA) is 259 Å². The van der Waals surface area contributed by atoms with Crippen LogP contribution in [0.1, 0.15) is 82.3 Å². The second-order valence-corrected chi connectivity index (χ2v) is 17.9. The Morgan fingerprint density at radius 3 is 1.41 bits per heavy atom. The second kappa shape index (κ2) is 19.1. The summed E-state index contributed by atoms with van der Waals surface area (Å²) in [7, 11) is 2.50. The lowest BCUT2D eigenvalue weighted by Crippen LogP contribution is -2.86. The van der Waals surface area contributed by atoms with E-state index in [1.807, 2.05) is 0 Å². The van der Waals surface area contributed by atoms with E-state index in [2.05, 4.69) is 16.0 Å². The van der Waals surface area contributed by atoms with E-state index in [-0.39, 0.29) is 66.8 Å². The first-order valence-electron chi connectivity index (χ1n) is 21.0. The zero-order valence-electron chi connectivity index (χ0n) is 36.2. The van der Waals surface area contributed by atoms with E-state index in [9.17, 15) is 43.8 Å². The van der Waals surface area contributed by atoms with Crippen molar-refractivity contribution in [2.75, 3.05) is 25.3 Å². The van der Waals surface area contributed by atoms with Crippen molar-refractivity contribution >= 4 is 75.6 Å². The van der Waals surface area contributed by atoms with E-state index in [1.54, 1.807) is 35.0 Å². The van der Waals surface area contributed by atoms with Crippen molar-refractivity contribution < 1.29 is 62.7 Å². The summed E-state index contributed by atoms with van der Waals surface area (Å²) in [4.78, 5) is 97.2. The van der Waals surface area contributed by atoms with Crippen molar-refractivity contribution in [2.45, 2.75) is 42.2 Å². The molecular formula is C49H42N4O13S2. The average molecular weight is 959 g/mol. The Balaban J connectivity index is 1.30. The number of rotatable bonds is 16. The molecule has 2 aliphatic rings. The minimum atomic E-state index is -2.67. The number of carbonyl (C=O) groups excluding carboxylic acids is 5.